The fourth-order valence-corrected chi connectivity index (χ4v) is 3.27. The van der Waals surface area contributed by atoms with E-state index in [0.717, 1.165) is 17.1 Å². The van der Waals surface area contributed by atoms with Gasteiger partial charge in [0.15, 0.2) is 0 Å². The van der Waals surface area contributed by atoms with Gasteiger partial charge in [0.05, 0.1) is 12.2 Å². The lowest BCUT2D eigenvalue weighted by Gasteiger charge is -2.22. The van der Waals surface area contributed by atoms with Gasteiger partial charge in [0.2, 0.25) is 0 Å². The van der Waals surface area contributed by atoms with Gasteiger partial charge in [-0.15, -0.1) is 0 Å². The van der Waals surface area contributed by atoms with Crippen LogP contribution in [0.5, 0.6) is 0 Å². The van der Waals surface area contributed by atoms with Crippen LogP contribution in [0, 0.1) is 13.8 Å². The molecule has 31 heavy (non-hydrogen) atoms. The van der Waals surface area contributed by atoms with Crippen LogP contribution in [0.25, 0.3) is 5.69 Å². The van der Waals surface area contributed by atoms with Gasteiger partial charge in [-0.05, 0) is 71.9 Å². The summed E-state index contributed by atoms with van der Waals surface area (Å²) in [5, 5.41) is 23.5. The Labute approximate surface area is 182 Å². The van der Waals surface area contributed by atoms with Gasteiger partial charge < -0.3 is 29.6 Å². The number of hydrogen-bond donors (Lipinski definition) is 3. The van der Waals surface area contributed by atoms with Crippen LogP contribution in [0.15, 0.2) is 30.3 Å². The Bertz CT molecular complexity index is 911. The fraction of sp³-hybridized carbons (Fsp3) is 0.478. The quantitative estimate of drug-likeness (QED) is 0.580. The Morgan fingerprint density at radius 2 is 1.74 bits per heavy atom. The molecule has 2 rings (SSSR count). The Morgan fingerprint density at radius 3 is 2.29 bits per heavy atom. The Hall–Kier alpha value is -2.84. The van der Waals surface area contributed by atoms with Crippen molar-refractivity contribution in [2.24, 2.45) is 0 Å². The van der Waals surface area contributed by atoms with Crippen molar-refractivity contribution in [3.63, 3.8) is 0 Å². The predicted octanol–water partition coefficient (Wildman–Crippen LogP) is 3.19. The third kappa shape index (κ3) is 6.32. The van der Waals surface area contributed by atoms with Crippen molar-refractivity contribution in [3.05, 3.63) is 52.8 Å². The van der Waals surface area contributed by atoms with Crippen LogP contribution in [-0.2, 0) is 9.47 Å². The van der Waals surface area contributed by atoms with E-state index in [1.807, 2.05) is 18.4 Å². The van der Waals surface area contributed by atoms with Crippen LogP contribution in [0.3, 0.4) is 0 Å². The highest BCUT2D eigenvalue weighted by atomic mass is 16.6. The van der Waals surface area contributed by atoms with Crippen LogP contribution in [-0.4, -0.2) is 51.7 Å². The van der Waals surface area contributed by atoms with Crippen LogP contribution in [0.4, 0.5) is 4.79 Å². The molecule has 3 N–H and O–H groups in total. The molecule has 1 aromatic heterocycles. The lowest BCUT2D eigenvalue weighted by atomic mass is 10.0. The molecule has 8 nitrogen and oxygen atoms in total. The number of aryl methyl sites for hydroxylation is 1. The van der Waals surface area contributed by atoms with Gasteiger partial charge in [-0.3, -0.25) is 0 Å². The molecule has 0 saturated heterocycles. The van der Waals surface area contributed by atoms with E-state index in [1.165, 1.54) is 0 Å². The minimum absolute atomic E-state index is 0.159. The molecule has 1 amide bonds. The molecule has 1 heterocycles. The number of alkyl carbamates (subject to hydrolysis) is 1. The minimum Gasteiger partial charge on any atom is -0.462 e. The van der Waals surface area contributed by atoms with Gasteiger partial charge in [-0.2, -0.15) is 0 Å². The fourth-order valence-electron chi connectivity index (χ4n) is 3.27. The summed E-state index contributed by atoms with van der Waals surface area (Å²) in [7, 11) is 0. The minimum atomic E-state index is -1.22. The zero-order valence-electron chi connectivity index (χ0n) is 18.9. The monoisotopic (exact) mass is 432 g/mol. The molecule has 0 saturated carbocycles. The molecular formula is C23H32N2O6. The zero-order valence-corrected chi connectivity index (χ0v) is 18.9. The number of ether oxygens (including phenoxy) is 2. The third-order valence-corrected chi connectivity index (χ3v) is 4.64. The van der Waals surface area contributed by atoms with Gasteiger partial charge in [-0.25, -0.2) is 9.59 Å². The van der Waals surface area contributed by atoms with Crippen molar-refractivity contribution < 1.29 is 29.3 Å². The summed E-state index contributed by atoms with van der Waals surface area (Å²) in [5.74, 6) is -0.383. The van der Waals surface area contributed by atoms with E-state index in [-0.39, 0.29) is 12.5 Å². The smallest absolute Gasteiger partial charge is 0.407 e. The lowest BCUT2D eigenvalue weighted by molar-refractivity contribution is 0.0126. The number of aliphatic hydroxyl groups is 2. The lowest BCUT2D eigenvalue weighted by Crippen LogP contribution is -2.38. The topological polar surface area (TPSA) is 110 Å². The summed E-state index contributed by atoms with van der Waals surface area (Å²) in [4.78, 5) is 23.6. The molecule has 0 bridgehead atoms. The molecule has 0 spiro atoms. The summed E-state index contributed by atoms with van der Waals surface area (Å²) < 4.78 is 12.1. The van der Waals surface area contributed by atoms with Gasteiger partial charge in [0, 0.05) is 29.2 Å². The first kappa shape index (κ1) is 24.4. The number of carbonyl (C=O) groups is 2. The van der Waals surface area contributed by atoms with Gasteiger partial charge >= 0.3 is 12.1 Å². The number of benzene rings is 1. The van der Waals surface area contributed by atoms with E-state index in [4.69, 9.17) is 9.47 Å². The first-order valence-electron chi connectivity index (χ1n) is 10.2. The maximum absolute atomic E-state index is 11.9. The van der Waals surface area contributed by atoms with Crippen molar-refractivity contribution >= 4 is 12.1 Å². The molecule has 0 aliphatic carbocycles. The molecule has 0 aliphatic heterocycles. The molecule has 1 aromatic carbocycles. The number of amides is 1. The van der Waals surface area contributed by atoms with Crippen molar-refractivity contribution in [1.82, 2.24) is 9.88 Å². The number of hydrogen-bond acceptors (Lipinski definition) is 6. The second-order valence-electron chi connectivity index (χ2n) is 8.32. The van der Waals surface area contributed by atoms with Gasteiger partial charge in [0.1, 0.15) is 17.8 Å². The third-order valence-electron chi connectivity index (χ3n) is 4.64. The average Bonchev–Trinajstić information content (AvgIpc) is 2.98. The second kappa shape index (κ2) is 9.98. The average molecular weight is 433 g/mol. The number of esters is 1. The van der Waals surface area contributed by atoms with Gasteiger partial charge in [0.25, 0.3) is 0 Å². The standard InChI is InChI=1S/C23H32N2O6/c1-7-30-21(28)16-8-10-17(11-9-16)25-14(2)12-18(15(25)3)20(27)19(26)13-24-22(29)31-23(4,5)6/h8-12,19-20,26-27H,7,13H2,1-6H3,(H,24,29). The molecular weight excluding hydrogens is 400 g/mol. The van der Waals surface area contributed by atoms with Gasteiger partial charge in [-0.1, -0.05) is 0 Å². The highest BCUT2D eigenvalue weighted by Gasteiger charge is 2.25. The summed E-state index contributed by atoms with van der Waals surface area (Å²) in [6.07, 6.45) is -3.08. The summed E-state index contributed by atoms with van der Waals surface area (Å²) >= 11 is 0. The van der Waals surface area contributed by atoms with E-state index in [1.54, 1.807) is 58.0 Å². The highest BCUT2D eigenvalue weighted by Crippen LogP contribution is 2.27. The summed E-state index contributed by atoms with van der Waals surface area (Å²) in [6.45, 7) is 10.8. The van der Waals surface area contributed by atoms with E-state index in [2.05, 4.69) is 5.32 Å². The molecule has 2 aromatic rings. The molecule has 2 unspecified atom stereocenters. The number of carbonyl (C=O) groups excluding carboxylic acids is 2. The molecule has 2 atom stereocenters. The Balaban J connectivity index is 2.15. The first-order chi connectivity index (χ1) is 14.4. The van der Waals surface area contributed by atoms with Crippen LogP contribution < -0.4 is 5.32 Å². The zero-order chi connectivity index (χ0) is 23.3. The molecule has 0 radical (unpaired) electrons. The normalized spacial score (nSPS) is 13.4. The maximum atomic E-state index is 11.9. The Morgan fingerprint density at radius 1 is 1.13 bits per heavy atom. The number of nitrogens with zero attached hydrogens (tertiary/aromatic N) is 1. The molecule has 0 fully saturated rings. The molecule has 8 heteroatoms. The van der Waals surface area contributed by atoms with E-state index >= 15 is 0 Å². The molecule has 170 valence electrons. The van der Waals surface area contributed by atoms with E-state index in [0.29, 0.717) is 17.7 Å². The van der Waals surface area contributed by atoms with Crippen molar-refractivity contribution in [1.29, 1.82) is 0 Å². The van der Waals surface area contributed by atoms with Crippen molar-refractivity contribution in [2.75, 3.05) is 13.2 Å². The number of aromatic nitrogens is 1. The number of nitrogens with one attached hydrogen (secondary N) is 1. The number of aliphatic hydroxyl groups excluding tert-OH is 2. The first-order valence-corrected chi connectivity index (χ1v) is 10.2. The summed E-state index contributed by atoms with van der Waals surface area (Å²) in [6, 6.07) is 8.74. The van der Waals surface area contributed by atoms with Crippen molar-refractivity contribution in [2.45, 2.75) is 59.4 Å². The largest absolute Gasteiger partial charge is 0.462 e. The van der Waals surface area contributed by atoms with Crippen molar-refractivity contribution in [3.8, 4) is 5.69 Å². The maximum Gasteiger partial charge on any atom is 0.407 e. The predicted molar refractivity (Wildman–Crippen MR) is 116 cm³/mol. The van der Waals surface area contributed by atoms with E-state index < -0.39 is 23.9 Å². The second-order valence-corrected chi connectivity index (χ2v) is 8.32. The Kier molecular flexibility index (Phi) is 7.86. The van der Waals surface area contributed by atoms with Crippen LogP contribution in [0.1, 0.15) is 61.1 Å². The van der Waals surface area contributed by atoms with Crippen LogP contribution >= 0.6 is 0 Å². The number of rotatable bonds is 7. The molecule has 0 aliphatic rings. The summed E-state index contributed by atoms with van der Waals surface area (Å²) in [5.41, 5.74) is 2.75. The SMILES string of the molecule is CCOC(=O)c1ccc(-n2c(C)cc(C(O)C(O)CNC(=O)OC(C)(C)C)c2C)cc1. The highest BCUT2D eigenvalue weighted by molar-refractivity contribution is 5.89. The van der Waals surface area contributed by atoms with E-state index in [9.17, 15) is 19.8 Å². The van der Waals surface area contributed by atoms with Crippen LogP contribution in [0.2, 0.25) is 0 Å².